The van der Waals surface area contributed by atoms with Gasteiger partial charge >= 0.3 is 5.97 Å². The van der Waals surface area contributed by atoms with Crippen molar-refractivity contribution in [3.05, 3.63) is 98.5 Å². The number of aliphatic imine (C=N–C) groups is 1. The summed E-state index contributed by atoms with van der Waals surface area (Å²) in [4.78, 5) is 70.0. The number of fused-ring (bicyclic) bond motifs is 3. The number of nitrogens with one attached hydrogen (secondary N) is 2. The maximum atomic E-state index is 14.3. The van der Waals surface area contributed by atoms with Gasteiger partial charge in [-0.2, -0.15) is 0 Å². The Bertz CT molecular complexity index is 2670. The first-order chi connectivity index (χ1) is 31.9. The van der Waals surface area contributed by atoms with Crippen LogP contribution in [0.2, 0.25) is 0 Å². The maximum Gasteiger partial charge on any atom is 0.308 e. The Balaban J connectivity index is 0.887. The number of aromatic nitrogens is 4. The van der Waals surface area contributed by atoms with Crippen molar-refractivity contribution in [1.82, 2.24) is 35.3 Å². The average molecular weight is 948 g/mol. The zero-order valence-corrected chi connectivity index (χ0v) is 41.4. The van der Waals surface area contributed by atoms with Crippen LogP contribution in [0.1, 0.15) is 116 Å². The molecule has 0 aliphatic carbocycles. The summed E-state index contributed by atoms with van der Waals surface area (Å²) in [5.74, 6) is 0.170. The van der Waals surface area contributed by atoms with E-state index in [9.17, 15) is 24.3 Å². The summed E-state index contributed by atoms with van der Waals surface area (Å²) in [6, 6.07) is 13.7. The van der Waals surface area contributed by atoms with E-state index in [0.29, 0.717) is 5.82 Å². The van der Waals surface area contributed by atoms with E-state index in [4.69, 9.17) is 9.73 Å². The zero-order chi connectivity index (χ0) is 47.9. The van der Waals surface area contributed by atoms with Gasteiger partial charge in [-0.05, 0) is 87.6 Å². The molecule has 2 fully saturated rings. The smallest absolute Gasteiger partial charge is 0.308 e. The Labute approximate surface area is 400 Å². The summed E-state index contributed by atoms with van der Waals surface area (Å²) in [6.07, 6.45) is 1.17. The molecular weight excluding hydrogens is 887 g/mol. The van der Waals surface area contributed by atoms with Crippen LogP contribution in [0.5, 0.6) is 0 Å². The first-order valence-corrected chi connectivity index (χ1v) is 24.7. The monoisotopic (exact) mass is 947 g/mol. The second-order valence-corrected chi connectivity index (χ2v) is 21.3. The Morgan fingerprint density at radius 2 is 1.61 bits per heavy atom. The minimum absolute atomic E-state index is 0.0117. The maximum absolute atomic E-state index is 14.3. The van der Waals surface area contributed by atoms with Crippen molar-refractivity contribution in [2.75, 3.05) is 31.6 Å². The molecule has 0 bridgehead atoms. The van der Waals surface area contributed by atoms with Gasteiger partial charge in [-0.15, -0.1) is 32.9 Å². The van der Waals surface area contributed by atoms with E-state index in [0.717, 1.165) is 86.5 Å². The van der Waals surface area contributed by atoms with E-state index in [1.54, 1.807) is 22.7 Å². The van der Waals surface area contributed by atoms with Gasteiger partial charge < -0.3 is 30.3 Å². The van der Waals surface area contributed by atoms with Crippen LogP contribution >= 0.6 is 22.7 Å². The van der Waals surface area contributed by atoms with Crippen LogP contribution in [-0.2, 0) is 23.9 Å². The second kappa shape index (κ2) is 19.4. The number of amides is 3. The van der Waals surface area contributed by atoms with Crippen molar-refractivity contribution in [2.45, 2.75) is 118 Å². The normalized spacial score (nSPS) is 19.5. The van der Waals surface area contributed by atoms with Crippen LogP contribution in [0.3, 0.4) is 0 Å². The molecule has 3 aromatic heterocycles. The van der Waals surface area contributed by atoms with E-state index < -0.39 is 29.6 Å². The Hall–Kier alpha value is -5.78. The highest BCUT2D eigenvalue weighted by Gasteiger charge is 2.45. The van der Waals surface area contributed by atoms with Crippen LogP contribution in [0.4, 0.5) is 5.69 Å². The number of carbonyl (C=O) groups is 4. The molecule has 0 spiro atoms. The molecule has 354 valence electrons. The van der Waals surface area contributed by atoms with E-state index in [1.807, 2.05) is 75.9 Å². The van der Waals surface area contributed by atoms with Crippen LogP contribution in [0.25, 0.3) is 15.4 Å². The van der Waals surface area contributed by atoms with E-state index in [2.05, 4.69) is 68.8 Å². The zero-order valence-electron chi connectivity index (χ0n) is 39.8. The molecule has 8 rings (SSSR count). The molecule has 3 N–H and O–H groups in total. The molecule has 5 aromatic rings. The predicted molar refractivity (Wildman–Crippen MR) is 261 cm³/mol. The number of thiazole rings is 1. The highest BCUT2D eigenvalue weighted by Crippen LogP contribution is 2.40. The van der Waals surface area contributed by atoms with Crippen molar-refractivity contribution in [1.29, 1.82) is 0 Å². The summed E-state index contributed by atoms with van der Waals surface area (Å²) < 4.78 is 7.07. The van der Waals surface area contributed by atoms with Crippen LogP contribution in [0, 0.1) is 39.0 Å². The number of hydrogen-bond acceptors (Lipinski definition) is 13. The third-order valence-electron chi connectivity index (χ3n) is 13.5. The van der Waals surface area contributed by atoms with Gasteiger partial charge in [0.15, 0.2) is 5.82 Å². The molecule has 3 amide bonds. The SMILES string of the molecule is COC(=O)C[C@@H]1N=C(c2ccc(N3CCC(CC(=O)N[C@H](C(=O)N4C[C@H](O)C[C@H]4C(=O)N[C@@H](C)c4ccc(-c5scnc5C)cc4)C(C)(C)C)CC3)cc2)c2c(sc(C)c2C)-n2c(C)nnc21. The van der Waals surface area contributed by atoms with Gasteiger partial charge in [0.05, 0.1) is 47.5 Å². The molecule has 67 heavy (non-hydrogen) atoms. The number of likely N-dealkylation sites (tertiary alicyclic amines) is 1. The molecule has 0 radical (unpaired) electrons. The van der Waals surface area contributed by atoms with Gasteiger partial charge in [-0.25, -0.2) is 4.98 Å². The number of β-amino-alcohol motifs (C(OH)–C–C–N with tert-alkyl or cyclic N) is 1. The number of thiophene rings is 1. The molecule has 5 atom stereocenters. The number of rotatable bonds is 12. The van der Waals surface area contributed by atoms with Crippen molar-refractivity contribution >= 4 is 57.8 Å². The minimum atomic E-state index is -0.895. The number of aryl methyl sites for hydroxylation is 3. The second-order valence-electron chi connectivity index (χ2n) is 19.2. The molecule has 15 nitrogen and oxygen atoms in total. The molecule has 2 aromatic carbocycles. The third-order valence-corrected chi connectivity index (χ3v) is 15.7. The van der Waals surface area contributed by atoms with Gasteiger partial charge in [-0.1, -0.05) is 57.2 Å². The van der Waals surface area contributed by atoms with Crippen LogP contribution < -0.4 is 15.5 Å². The van der Waals surface area contributed by atoms with Crippen molar-refractivity contribution in [2.24, 2.45) is 16.3 Å². The molecule has 0 unspecified atom stereocenters. The first-order valence-electron chi connectivity index (χ1n) is 23.0. The van der Waals surface area contributed by atoms with Gasteiger partial charge in [0.2, 0.25) is 17.7 Å². The lowest BCUT2D eigenvalue weighted by Gasteiger charge is -2.36. The Kier molecular flexibility index (Phi) is 13.8. The van der Waals surface area contributed by atoms with Gasteiger partial charge in [-0.3, -0.25) is 28.7 Å². The van der Waals surface area contributed by atoms with Gasteiger partial charge in [0.25, 0.3) is 0 Å². The highest BCUT2D eigenvalue weighted by atomic mass is 32.1. The molecular formula is C50H61N9O6S2. The third kappa shape index (κ3) is 9.95. The molecule has 0 saturated carbocycles. The van der Waals surface area contributed by atoms with E-state index in [1.165, 1.54) is 16.9 Å². The van der Waals surface area contributed by atoms with Crippen LogP contribution in [0.15, 0.2) is 59.0 Å². The number of hydrogen-bond donors (Lipinski definition) is 3. The number of anilines is 1. The fraction of sp³-hybridized carbons (Fsp3) is 0.480. The molecule has 3 aliphatic heterocycles. The minimum Gasteiger partial charge on any atom is -0.469 e. The number of piperidine rings is 1. The number of nitrogens with zero attached hydrogens (tertiary/aromatic N) is 7. The van der Waals surface area contributed by atoms with E-state index >= 15 is 0 Å². The number of ether oxygens (including phenoxy) is 1. The molecule has 3 aliphatic rings. The number of methoxy groups -OCH3 is 1. The van der Waals surface area contributed by atoms with Gasteiger partial charge in [0.1, 0.15) is 29.0 Å². The number of esters is 1. The summed E-state index contributed by atoms with van der Waals surface area (Å²) >= 11 is 3.25. The van der Waals surface area contributed by atoms with Crippen molar-refractivity contribution in [3.8, 4) is 15.4 Å². The van der Waals surface area contributed by atoms with E-state index in [-0.39, 0.29) is 61.5 Å². The number of aliphatic hydroxyl groups excluding tert-OH is 1. The number of aliphatic hydroxyl groups is 1. The molecule has 17 heteroatoms. The highest BCUT2D eigenvalue weighted by molar-refractivity contribution is 7.15. The average Bonchev–Trinajstić information content (AvgIpc) is 4.07. The topological polar surface area (TPSA) is 184 Å². The Morgan fingerprint density at radius 3 is 2.25 bits per heavy atom. The largest absolute Gasteiger partial charge is 0.469 e. The lowest BCUT2D eigenvalue weighted by molar-refractivity contribution is -0.144. The first kappa shape index (κ1) is 47.7. The number of benzene rings is 2. The summed E-state index contributed by atoms with van der Waals surface area (Å²) in [5.41, 5.74) is 9.04. The lowest BCUT2D eigenvalue weighted by Crippen LogP contribution is -2.58. The fourth-order valence-corrected chi connectivity index (χ4v) is 11.5. The lowest BCUT2D eigenvalue weighted by atomic mass is 9.85. The summed E-state index contributed by atoms with van der Waals surface area (Å²) in [5, 5.41) is 26.7. The molecule has 6 heterocycles. The number of carbonyl (C=O) groups excluding carboxylic acids is 4. The quantitative estimate of drug-likeness (QED) is 0.109. The molecule has 2 saturated heterocycles. The Morgan fingerprint density at radius 1 is 0.925 bits per heavy atom. The van der Waals surface area contributed by atoms with Crippen LogP contribution in [-0.4, -0.2) is 104 Å². The standard InChI is InChI=1S/C50H61N9O6S2/c1-27-30(4)67-49-42(27)43(53-38(24-41(62)65-9)46-56-55-31(5)59(46)49)34-14-16-36(17-15-34)57-20-18-32(19-21-57)22-40(61)54-45(50(6,7)8)48(64)58-25-37(60)23-39(58)47(63)52-28(2)33-10-12-35(13-11-33)44-29(3)51-26-66-44/h10-17,26,28,32,37-39,45,60H,18-25H2,1-9H3,(H,52,63)(H,54,61)/t28-,37+,38-,39-,45+/m0/s1. The van der Waals surface area contributed by atoms with Crippen molar-refractivity contribution in [3.63, 3.8) is 0 Å². The van der Waals surface area contributed by atoms with Gasteiger partial charge in [0, 0.05) is 54.2 Å². The summed E-state index contributed by atoms with van der Waals surface area (Å²) in [6.45, 7) is 17.2. The predicted octanol–water partition coefficient (Wildman–Crippen LogP) is 7.12. The van der Waals surface area contributed by atoms with Crippen molar-refractivity contribution < 1.29 is 29.0 Å². The fourth-order valence-electron chi connectivity index (χ4n) is 9.49. The summed E-state index contributed by atoms with van der Waals surface area (Å²) in [7, 11) is 1.38.